The summed E-state index contributed by atoms with van der Waals surface area (Å²) in [5.41, 5.74) is 3.28. The van der Waals surface area contributed by atoms with E-state index < -0.39 is 0 Å². The molecule has 0 aromatic rings. The van der Waals surface area contributed by atoms with Crippen molar-refractivity contribution in [2.24, 2.45) is 0 Å². The number of esters is 1. The van der Waals surface area contributed by atoms with Gasteiger partial charge in [0.2, 0.25) is 0 Å². The molecule has 0 aliphatic heterocycles. The minimum Gasteiger partial charge on any atom is -0.463 e. The molecule has 0 saturated carbocycles. The summed E-state index contributed by atoms with van der Waals surface area (Å²) in [5.74, 6) is -0.307. The van der Waals surface area contributed by atoms with E-state index in [1.165, 1.54) is 0 Å². The van der Waals surface area contributed by atoms with E-state index in [2.05, 4.69) is 5.48 Å². The van der Waals surface area contributed by atoms with E-state index in [4.69, 9.17) is 9.94 Å². The molecule has 0 bridgehead atoms. The smallest absolute Gasteiger partial charge is 0.335 e. The van der Waals surface area contributed by atoms with Gasteiger partial charge in [-0.2, -0.15) is 0 Å². The molecule has 1 aliphatic rings. The van der Waals surface area contributed by atoms with Crippen LogP contribution in [0.4, 0.5) is 0 Å². The summed E-state index contributed by atoms with van der Waals surface area (Å²) in [6, 6.07) is 0. The highest BCUT2D eigenvalue weighted by Gasteiger charge is 2.19. The normalized spacial score (nSPS) is 17.1. The lowest BCUT2D eigenvalue weighted by atomic mass is 9.97. The van der Waals surface area contributed by atoms with E-state index >= 15 is 0 Å². The highest BCUT2D eigenvalue weighted by Crippen LogP contribution is 2.23. The Morgan fingerprint density at radius 1 is 1.54 bits per heavy atom. The highest BCUT2D eigenvalue weighted by molar-refractivity contribution is 5.89. The Labute approximate surface area is 77.5 Å². The predicted octanol–water partition coefficient (Wildman–Crippen LogP) is 1.36. The van der Waals surface area contributed by atoms with Crippen molar-refractivity contribution in [2.45, 2.75) is 32.6 Å². The SMILES string of the molecule is CCOC(=O)C1=C(NO)CCCC1. The number of allylic oxidation sites excluding steroid dienone is 1. The first-order valence-corrected chi connectivity index (χ1v) is 4.58. The third-order valence-corrected chi connectivity index (χ3v) is 2.12. The summed E-state index contributed by atoms with van der Waals surface area (Å²) < 4.78 is 4.87. The zero-order valence-electron chi connectivity index (χ0n) is 7.80. The fourth-order valence-electron chi connectivity index (χ4n) is 1.47. The van der Waals surface area contributed by atoms with Crippen LogP contribution in [0, 0.1) is 0 Å². The van der Waals surface area contributed by atoms with Gasteiger partial charge in [-0.1, -0.05) is 0 Å². The van der Waals surface area contributed by atoms with Gasteiger partial charge in [-0.3, -0.25) is 10.7 Å². The maximum Gasteiger partial charge on any atom is 0.335 e. The van der Waals surface area contributed by atoms with Crippen molar-refractivity contribution in [3.8, 4) is 0 Å². The van der Waals surface area contributed by atoms with Crippen molar-refractivity contribution in [2.75, 3.05) is 6.61 Å². The van der Waals surface area contributed by atoms with Crippen molar-refractivity contribution < 1.29 is 14.7 Å². The Bertz CT molecular complexity index is 223. The average molecular weight is 185 g/mol. The van der Waals surface area contributed by atoms with Gasteiger partial charge in [-0.05, 0) is 32.6 Å². The topological polar surface area (TPSA) is 58.6 Å². The molecule has 1 rings (SSSR count). The van der Waals surface area contributed by atoms with Crippen molar-refractivity contribution in [1.82, 2.24) is 5.48 Å². The first-order chi connectivity index (χ1) is 6.29. The molecular formula is C9H15NO3. The van der Waals surface area contributed by atoms with E-state index in [9.17, 15) is 4.79 Å². The van der Waals surface area contributed by atoms with E-state index in [1.807, 2.05) is 0 Å². The van der Waals surface area contributed by atoms with Crippen LogP contribution in [0.25, 0.3) is 0 Å². The van der Waals surface area contributed by atoms with Gasteiger partial charge in [-0.25, -0.2) is 4.79 Å². The summed E-state index contributed by atoms with van der Waals surface area (Å²) in [5, 5.41) is 8.76. The second-order valence-electron chi connectivity index (χ2n) is 3.00. The van der Waals surface area contributed by atoms with Gasteiger partial charge in [0, 0.05) is 5.70 Å². The average Bonchev–Trinajstić information content (AvgIpc) is 2.18. The molecule has 0 amide bonds. The number of ether oxygens (including phenoxy) is 1. The van der Waals surface area contributed by atoms with Crippen LogP contribution in [0.5, 0.6) is 0 Å². The van der Waals surface area contributed by atoms with E-state index in [0.29, 0.717) is 24.3 Å². The molecule has 4 nitrogen and oxygen atoms in total. The van der Waals surface area contributed by atoms with Crippen LogP contribution in [0.3, 0.4) is 0 Å². The molecule has 0 unspecified atom stereocenters. The molecule has 74 valence electrons. The molecule has 13 heavy (non-hydrogen) atoms. The van der Waals surface area contributed by atoms with Crippen molar-refractivity contribution in [1.29, 1.82) is 0 Å². The molecule has 0 aromatic heterocycles. The highest BCUT2D eigenvalue weighted by atomic mass is 16.5. The second kappa shape index (κ2) is 4.87. The molecule has 0 radical (unpaired) electrons. The molecule has 0 spiro atoms. The summed E-state index contributed by atoms with van der Waals surface area (Å²) in [6.07, 6.45) is 3.41. The van der Waals surface area contributed by atoms with E-state index in [-0.39, 0.29) is 5.97 Å². The monoisotopic (exact) mass is 185 g/mol. The predicted molar refractivity (Wildman–Crippen MR) is 47.0 cm³/mol. The summed E-state index contributed by atoms with van der Waals surface area (Å²) >= 11 is 0. The summed E-state index contributed by atoms with van der Waals surface area (Å²) in [4.78, 5) is 11.3. The van der Waals surface area contributed by atoms with Gasteiger partial charge in [-0.15, -0.1) is 0 Å². The third kappa shape index (κ3) is 2.45. The largest absolute Gasteiger partial charge is 0.463 e. The van der Waals surface area contributed by atoms with Gasteiger partial charge in [0.15, 0.2) is 0 Å². The second-order valence-corrected chi connectivity index (χ2v) is 3.00. The van der Waals surface area contributed by atoms with Crippen molar-refractivity contribution in [3.63, 3.8) is 0 Å². The number of hydrogen-bond donors (Lipinski definition) is 2. The number of carbonyl (C=O) groups excluding carboxylic acids is 1. The van der Waals surface area contributed by atoms with Crippen LogP contribution in [0.15, 0.2) is 11.3 Å². The van der Waals surface area contributed by atoms with Crippen LogP contribution in [-0.2, 0) is 9.53 Å². The first kappa shape index (κ1) is 10.1. The van der Waals surface area contributed by atoms with Crippen molar-refractivity contribution in [3.05, 3.63) is 11.3 Å². The van der Waals surface area contributed by atoms with E-state index in [1.54, 1.807) is 6.92 Å². The Kier molecular flexibility index (Phi) is 3.76. The van der Waals surface area contributed by atoms with Gasteiger partial charge >= 0.3 is 5.97 Å². The third-order valence-electron chi connectivity index (χ3n) is 2.12. The maximum absolute atomic E-state index is 11.3. The van der Waals surface area contributed by atoms with Crippen LogP contribution < -0.4 is 5.48 Å². The molecule has 4 heteroatoms. The number of hydrogen-bond acceptors (Lipinski definition) is 4. The quantitative estimate of drug-likeness (QED) is 0.515. The van der Waals surface area contributed by atoms with Gasteiger partial charge < -0.3 is 4.74 Å². The minimum absolute atomic E-state index is 0.307. The number of rotatable bonds is 3. The van der Waals surface area contributed by atoms with Crippen LogP contribution >= 0.6 is 0 Å². The first-order valence-electron chi connectivity index (χ1n) is 4.58. The molecule has 1 aliphatic carbocycles. The lowest BCUT2D eigenvalue weighted by molar-refractivity contribution is -0.139. The van der Waals surface area contributed by atoms with Gasteiger partial charge in [0.25, 0.3) is 0 Å². The standard InChI is InChI=1S/C9H15NO3/c1-2-13-9(11)7-5-3-4-6-8(7)10-12/h10,12H,2-6H2,1H3. The Morgan fingerprint density at radius 3 is 2.85 bits per heavy atom. The van der Waals surface area contributed by atoms with Gasteiger partial charge in [0.05, 0.1) is 12.2 Å². The molecule has 0 aromatic carbocycles. The minimum atomic E-state index is -0.307. The lowest BCUT2D eigenvalue weighted by Crippen LogP contribution is -2.20. The fourth-order valence-corrected chi connectivity index (χ4v) is 1.47. The number of nitrogens with one attached hydrogen (secondary N) is 1. The Balaban J connectivity index is 2.72. The van der Waals surface area contributed by atoms with Crippen LogP contribution in [0.2, 0.25) is 0 Å². The molecule has 0 atom stereocenters. The number of carbonyl (C=O) groups is 1. The zero-order chi connectivity index (χ0) is 9.68. The number of hydroxylamine groups is 1. The van der Waals surface area contributed by atoms with Crippen LogP contribution in [0.1, 0.15) is 32.6 Å². The summed E-state index contributed by atoms with van der Waals surface area (Å²) in [6.45, 7) is 2.15. The van der Waals surface area contributed by atoms with Gasteiger partial charge in [0.1, 0.15) is 0 Å². The molecule has 2 N–H and O–H groups in total. The van der Waals surface area contributed by atoms with Crippen LogP contribution in [-0.4, -0.2) is 17.8 Å². The fraction of sp³-hybridized carbons (Fsp3) is 0.667. The lowest BCUT2D eigenvalue weighted by Gasteiger charge is -2.17. The summed E-state index contributed by atoms with van der Waals surface area (Å²) in [7, 11) is 0. The zero-order valence-corrected chi connectivity index (χ0v) is 7.80. The molecule has 0 fully saturated rings. The Morgan fingerprint density at radius 2 is 2.23 bits per heavy atom. The molecule has 0 saturated heterocycles. The molecular weight excluding hydrogens is 170 g/mol. The van der Waals surface area contributed by atoms with Crippen molar-refractivity contribution >= 4 is 5.97 Å². The maximum atomic E-state index is 11.3. The van der Waals surface area contributed by atoms with E-state index in [0.717, 1.165) is 19.3 Å². The Hall–Kier alpha value is -1.03. The molecule has 0 heterocycles.